The number of hydrogen-bond donors (Lipinski definition) is 1. The Balaban J connectivity index is 2.02. The highest BCUT2D eigenvalue weighted by atomic mass is 15.2. The van der Waals surface area contributed by atoms with Gasteiger partial charge in [-0.3, -0.25) is 4.98 Å². The van der Waals surface area contributed by atoms with Gasteiger partial charge >= 0.3 is 0 Å². The highest BCUT2D eigenvalue weighted by Gasteiger charge is 2.15. The van der Waals surface area contributed by atoms with Crippen molar-refractivity contribution in [2.24, 2.45) is 0 Å². The Morgan fingerprint density at radius 2 is 2.25 bits per heavy atom. The van der Waals surface area contributed by atoms with Crippen LogP contribution in [0.2, 0.25) is 0 Å². The van der Waals surface area contributed by atoms with Gasteiger partial charge in [0, 0.05) is 24.0 Å². The summed E-state index contributed by atoms with van der Waals surface area (Å²) in [6.45, 7) is 6.88. The van der Waals surface area contributed by atoms with Crippen molar-refractivity contribution in [2.45, 2.75) is 45.1 Å². The molecule has 0 aliphatic heterocycles. The fourth-order valence-corrected chi connectivity index (χ4v) is 2.55. The molecule has 2 heterocycles. The third-order valence-corrected chi connectivity index (χ3v) is 3.58. The molecule has 1 unspecified atom stereocenters. The summed E-state index contributed by atoms with van der Waals surface area (Å²) in [5.41, 5.74) is 2.35. The number of fused-ring (bicyclic) bond motifs is 1. The highest BCUT2D eigenvalue weighted by molar-refractivity contribution is 5.53. The van der Waals surface area contributed by atoms with Crippen LogP contribution in [0.3, 0.4) is 0 Å². The van der Waals surface area contributed by atoms with Crippen LogP contribution < -0.4 is 5.32 Å². The van der Waals surface area contributed by atoms with Crippen LogP contribution in [0.25, 0.3) is 5.52 Å². The quantitative estimate of drug-likeness (QED) is 0.561. The minimum atomic E-state index is 0.366. The van der Waals surface area contributed by atoms with Gasteiger partial charge in [-0.25, -0.2) is 4.52 Å². The molecule has 0 saturated heterocycles. The molecule has 0 spiro atoms. The Hall–Kier alpha value is -1.68. The molecule has 108 valence electrons. The highest BCUT2D eigenvalue weighted by Crippen LogP contribution is 2.23. The Morgan fingerprint density at radius 1 is 1.35 bits per heavy atom. The molecule has 0 aliphatic carbocycles. The third-order valence-electron chi connectivity index (χ3n) is 3.58. The summed E-state index contributed by atoms with van der Waals surface area (Å²) in [7, 11) is 0. The molecular formula is C16H24N4. The molecule has 0 amide bonds. The van der Waals surface area contributed by atoms with Crippen LogP contribution in [0.1, 0.15) is 50.6 Å². The maximum atomic E-state index is 4.40. The minimum Gasteiger partial charge on any atom is -0.310 e. The van der Waals surface area contributed by atoms with E-state index in [0.717, 1.165) is 24.9 Å². The van der Waals surface area contributed by atoms with Crippen molar-refractivity contribution < 1.29 is 0 Å². The molecule has 2 rings (SSSR count). The number of rotatable bonds is 9. The lowest BCUT2D eigenvalue weighted by molar-refractivity contribution is 0.486. The van der Waals surface area contributed by atoms with E-state index in [1.807, 2.05) is 29.2 Å². The molecule has 0 aliphatic rings. The van der Waals surface area contributed by atoms with Crippen molar-refractivity contribution in [2.75, 3.05) is 6.54 Å². The first-order valence-corrected chi connectivity index (χ1v) is 7.48. The van der Waals surface area contributed by atoms with Gasteiger partial charge < -0.3 is 5.32 Å². The Labute approximate surface area is 120 Å². The van der Waals surface area contributed by atoms with Crippen LogP contribution in [0.15, 0.2) is 37.4 Å². The SMILES string of the molecule is C=CCCCCCC(NCC)c1cnn2ccncc12. The van der Waals surface area contributed by atoms with Gasteiger partial charge in [-0.15, -0.1) is 6.58 Å². The standard InChI is InChI=1S/C16H24N4/c1-3-5-6-7-8-9-15(18-4-2)14-12-19-20-11-10-17-13-16(14)20/h3,10-13,15,18H,1,4-9H2,2H3. The summed E-state index contributed by atoms with van der Waals surface area (Å²) in [4.78, 5) is 4.21. The van der Waals surface area contributed by atoms with Crippen LogP contribution in [-0.4, -0.2) is 21.1 Å². The molecule has 0 fully saturated rings. The molecule has 0 saturated carbocycles. The van der Waals surface area contributed by atoms with E-state index in [2.05, 4.69) is 28.9 Å². The van der Waals surface area contributed by atoms with Gasteiger partial charge in [-0.05, 0) is 25.8 Å². The van der Waals surface area contributed by atoms with Gasteiger partial charge in [0.1, 0.15) is 0 Å². The van der Waals surface area contributed by atoms with E-state index in [1.165, 1.54) is 24.8 Å². The number of nitrogens with one attached hydrogen (secondary N) is 1. The lowest BCUT2D eigenvalue weighted by Crippen LogP contribution is -2.20. The van der Waals surface area contributed by atoms with Gasteiger partial charge in [0.25, 0.3) is 0 Å². The molecule has 1 atom stereocenters. The topological polar surface area (TPSA) is 42.2 Å². The second-order valence-electron chi connectivity index (χ2n) is 5.04. The number of hydrogen-bond acceptors (Lipinski definition) is 3. The van der Waals surface area contributed by atoms with Gasteiger partial charge in [0.2, 0.25) is 0 Å². The molecule has 1 N–H and O–H groups in total. The molecular weight excluding hydrogens is 248 g/mol. The van der Waals surface area contributed by atoms with E-state index in [1.54, 1.807) is 6.20 Å². The Morgan fingerprint density at radius 3 is 3.05 bits per heavy atom. The number of allylic oxidation sites excluding steroid dienone is 1. The molecule has 0 bridgehead atoms. The largest absolute Gasteiger partial charge is 0.310 e. The number of unbranched alkanes of at least 4 members (excludes halogenated alkanes) is 3. The number of aromatic nitrogens is 3. The first-order chi connectivity index (χ1) is 9.86. The van der Waals surface area contributed by atoms with Crippen molar-refractivity contribution in [3.05, 3.63) is 43.0 Å². The predicted molar refractivity (Wildman–Crippen MR) is 82.7 cm³/mol. The summed E-state index contributed by atoms with van der Waals surface area (Å²) in [5.74, 6) is 0. The monoisotopic (exact) mass is 272 g/mol. The van der Waals surface area contributed by atoms with Crippen molar-refractivity contribution in [1.82, 2.24) is 19.9 Å². The zero-order valence-electron chi connectivity index (χ0n) is 12.3. The lowest BCUT2D eigenvalue weighted by Gasteiger charge is -2.16. The number of nitrogens with zero attached hydrogens (tertiary/aromatic N) is 3. The summed E-state index contributed by atoms with van der Waals surface area (Å²) < 4.78 is 1.89. The predicted octanol–water partition coefficient (Wildman–Crippen LogP) is 3.52. The van der Waals surface area contributed by atoms with Crippen molar-refractivity contribution in [1.29, 1.82) is 0 Å². The zero-order chi connectivity index (χ0) is 14.2. The molecule has 4 heteroatoms. The summed E-state index contributed by atoms with van der Waals surface area (Å²) >= 11 is 0. The molecule has 20 heavy (non-hydrogen) atoms. The second-order valence-corrected chi connectivity index (χ2v) is 5.04. The van der Waals surface area contributed by atoms with Gasteiger partial charge in [-0.1, -0.05) is 25.8 Å². The normalized spacial score (nSPS) is 12.7. The summed E-state index contributed by atoms with van der Waals surface area (Å²) in [6, 6.07) is 0.366. The zero-order valence-corrected chi connectivity index (χ0v) is 12.3. The van der Waals surface area contributed by atoms with Crippen LogP contribution in [0.5, 0.6) is 0 Å². The Kier molecular flexibility index (Phi) is 5.74. The van der Waals surface area contributed by atoms with Crippen LogP contribution in [-0.2, 0) is 0 Å². The first kappa shape index (κ1) is 14.7. The molecule has 2 aromatic heterocycles. The minimum absolute atomic E-state index is 0.366. The molecule has 2 aromatic rings. The molecule has 4 nitrogen and oxygen atoms in total. The first-order valence-electron chi connectivity index (χ1n) is 7.48. The van der Waals surface area contributed by atoms with Crippen LogP contribution >= 0.6 is 0 Å². The maximum Gasteiger partial charge on any atom is 0.0892 e. The van der Waals surface area contributed by atoms with Crippen LogP contribution in [0.4, 0.5) is 0 Å². The average Bonchev–Trinajstić information content (AvgIpc) is 2.90. The van der Waals surface area contributed by atoms with E-state index >= 15 is 0 Å². The fraction of sp³-hybridized carbons (Fsp3) is 0.500. The average molecular weight is 272 g/mol. The lowest BCUT2D eigenvalue weighted by atomic mass is 10.0. The molecule has 0 aromatic carbocycles. The maximum absolute atomic E-state index is 4.40. The second kappa shape index (κ2) is 7.80. The van der Waals surface area contributed by atoms with Gasteiger partial charge in [0.15, 0.2) is 0 Å². The molecule has 0 radical (unpaired) electrons. The van der Waals surface area contributed by atoms with Crippen molar-refractivity contribution in [3.63, 3.8) is 0 Å². The van der Waals surface area contributed by atoms with E-state index in [9.17, 15) is 0 Å². The van der Waals surface area contributed by atoms with E-state index in [-0.39, 0.29) is 0 Å². The third kappa shape index (κ3) is 3.67. The summed E-state index contributed by atoms with van der Waals surface area (Å²) in [5, 5.41) is 7.97. The van der Waals surface area contributed by atoms with Gasteiger partial charge in [0.05, 0.1) is 17.9 Å². The van der Waals surface area contributed by atoms with E-state index in [4.69, 9.17) is 0 Å². The van der Waals surface area contributed by atoms with Crippen molar-refractivity contribution >= 4 is 5.52 Å². The summed E-state index contributed by atoms with van der Waals surface area (Å²) in [6.07, 6.45) is 15.5. The van der Waals surface area contributed by atoms with E-state index in [0.29, 0.717) is 6.04 Å². The van der Waals surface area contributed by atoms with Crippen LogP contribution in [0, 0.1) is 0 Å². The fourth-order valence-electron chi connectivity index (χ4n) is 2.55. The van der Waals surface area contributed by atoms with Gasteiger partial charge in [-0.2, -0.15) is 5.10 Å². The van der Waals surface area contributed by atoms with Crippen molar-refractivity contribution in [3.8, 4) is 0 Å². The van der Waals surface area contributed by atoms with E-state index < -0.39 is 0 Å². The smallest absolute Gasteiger partial charge is 0.0892 e. The Bertz CT molecular complexity index is 532.